The molecule has 2 nitrogen and oxygen atoms in total. The number of methoxy groups -OCH3 is 1. The number of ether oxygens (including phenoxy) is 1. The summed E-state index contributed by atoms with van der Waals surface area (Å²) < 4.78 is 32.2. The Bertz CT molecular complexity index is 602. The second-order valence-corrected chi connectivity index (χ2v) is 5.14. The molecule has 2 rings (SSSR count). The predicted octanol–water partition coefficient (Wildman–Crippen LogP) is 4.04. The Hall–Kier alpha value is -1.46. The van der Waals surface area contributed by atoms with Crippen molar-refractivity contribution in [3.63, 3.8) is 0 Å². The van der Waals surface area contributed by atoms with Crippen LogP contribution >= 0.6 is 15.9 Å². The highest BCUT2D eigenvalue weighted by Gasteiger charge is 2.19. The summed E-state index contributed by atoms with van der Waals surface area (Å²) >= 11 is 3.17. The average molecular weight is 342 g/mol. The van der Waals surface area contributed by atoms with Gasteiger partial charge in [-0.2, -0.15) is 0 Å². The summed E-state index contributed by atoms with van der Waals surface area (Å²) in [4.78, 5) is 0. The van der Waals surface area contributed by atoms with Crippen LogP contribution in [0.3, 0.4) is 0 Å². The maximum Gasteiger partial charge on any atom is 0.141 e. The topological polar surface area (TPSA) is 21.3 Å². The van der Waals surface area contributed by atoms with Gasteiger partial charge in [-0.1, -0.05) is 12.1 Å². The highest BCUT2D eigenvalue weighted by Crippen LogP contribution is 2.33. The Morgan fingerprint density at radius 1 is 1.15 bits per heavy atom. The summed E-state index contributed by atoms with van der Waals surface area (Å²) in [5.41, 5.74) is 1.64. The van der Waals surface area contributed by atoms with E-state index in [1.54, 1.807) is 25.2 Å². The molecule has 1 atom stereocenters. The van der Waals surface area contributed by atoms with Gasteiger partial charge in [0.15, 0.2) is 0 Å². The van der Waals surface area contributed by atoms with E-state index in [4.69, 9.17) is 4.74 Å². The van der Waals surface area contributed by atoms with Crippen molar-refractivity contribution in [2.75, 3.05) is 14.2 Å². The van der Waals surface area contributed by atoms with Crippen LogP contribution < -0.4 is 10.1 Å². The molecule has 0 spiro atoms. The molecule has 0 aliphatic rings. The Kier molecular flexibility index (Phi) is 4.73. The normalized spacial score (nSPS) is 12.2. The first-order chi connectivity index (χ1) is 9.56. The van der Waals surface area contributed by atoms with Gasteiger partial charge in [0.05, 0.1) is 17.6 Å². The SMILES string of the molecule is CNC(c1ccc(F)cc1)c1cc(Br)c(F)cc1OC. The van der Waals surface area contributed by atoms with E-state index in [0.717, 1.165) is 11.1 Å². The highest BCUT2D eigenvalue weighted by atomic mass is 79.9. The molecule has 0 bridgehead atoms. The first-order valence-electron chi connectivity index (χ1n) is 6.02. The van der Waals surface area contributed by atoms with Crippen LogP contribution in [0.2, 0.25) is 0 Å². The first kappa shape index (κ1) is 14.9. The van der Waals surface area contributed by atoms with Gasteiger partial charge in [-0.05, 0) is 46.7 Å². The number of hydrogen-bond acceptors (Lipinski definition) is 2. The van der Waals surface area contributed by atoms with Gasteiger partial charge in [-0.25, -0.2) is 8.78 Å². The Labute approximate surface area is 124 Å². The molecule has 106 valence electrons. The molecule has 0 heterocycles. The second kappa shape index (κ2) is 6.33. The first-order valence-corrected chi connectivity index (χ1v) is 6.81. The molecule has 0 saturated heterocycles. The number of halogens is 3. The Morgan fingerprint density at radius 3 is 2.35 bits per heavy atom. The van der Waals surface area contributed by atoms with Crippen LogP contribution in [0.4, 0.5) is 8.78 Å². The van der Waals surface area contributed by atoms with Gasteiger partial charge in [-0.3, -0.25) is 0 Å². The molecule has 0 amide bonds. The lowest BCUT2D eigenvalue weighted by Gasteiger charge is -2.20. The smallest absolute Gasteiger partial charge is 0.141 e. The molecule has 1 N–H and O–H groups in total. The monoisotopic (exact) mass is 341 g/mol. The van der Waals surface area contributed by atoms with Crippen LogP contribution in [0.1, 0.15) is 17.2 Å². The second-order valence-electron chi connectivity index (χ2n) is 4.28. The van der Waals surface area contributed by atoms with Gasteiger partial charge in [0.2, 0.25) is 0 Å². The largest absolute Gasteiger partial charge is 0.496 e. The van der Waals surface area contributed by atoms with Gasteiger partial charge in [0, 0.05) is 11.6 Å². The third kappa shape index (κ3) is 2.99. The molecular weight excluding hydrogens is 328 g/mol. The summed E-state index contributed by atoms with van der Waals surface area (Å²) in [6.07, 6.45) is 0. The van der Waals surface area contributed by atoms with Crippen LogP contribution in [-0.2, 0) is 0 Å². The van der Waals surface area contributed by atoms with E-state index < -0.39 is 0 Å². The number of nitrogens with one attached hydrogen (secondary N) is 1. The molecule has 2 aromatic rings. The van der Waals surface area contributed by atoms with Crippen LogP contribution in [0, 0.1) is 11.6 Å². The molecular formula is C15H14BrF2NO. The highest BCUT2D eigenvalue weighted by molar-refractivity contribution is 9.10. The van der Waals surface area contributed by atoms with Gasteiger partial charge >= 0.3 is 0 Å². The molecule has 0 aliphatic heterocycles. The minimum atomic E-state index is -0.389. The fourth-order valence-electron chi connectivity index (χ4n) is 2.10. The summed E-state index contributed by atoms with van der Waals surface area (Å²) in [6, 6.07) is 8.93. The van der Waals surface area contributed by atoms with Gasteiger partial charge in [0.1, 0.15) is 17.4 Å². The molecule has 5 heteroatoms. The standard InChI is InChI=1S/C15H14BrF2NO/c1-19-15(9-3-5-10(17)6-4-9)11-7-12(16)13(18)8-14(11)20-2/h3-8,15,19H,1-2H3. The molecule has 0 fully saturated rings. The maximum atomic E-state index is 13.6. The minimum Gasteiger partial charge on any atom is -0.496 e. The van der Waals surface area contributed by atoms with Crippen LogP contribution in [0.25, 0.3) is 0 Å². The zero-order valence-corrected chi connectivity index (χ0v) is 12.7. The molecule has 0 aliphatic carbocycles. The fraction of sp³-hybridized carbons (Fsp3) is 0.200. The van der Waals surface area contributed by atoms with E-state index in [1.807, 2.05) is 0 Å². The van der Waals surface area contributed by atoms with E-state index in [9.17, 15) is 8.78 Å². The molecule has 1 unspecified atom stereocenters. The van der Waals surface area contributed by atoms with E-state index in [0.29, 0.717) is 10.2 Å². The molecule has 20 heavy (non-hydrogen) atoms. The quantitative estimate of drug-likeness (QED) is 0.905. The zero-order valence-electron chi connectivity index (χ0n) is 11.1. The predicted molar refractivity (Wildman–Crippen MR) is 78.0 cm³/mol. The van der Waals surface area contributed by atoms with E-state index >= 15 is 0 Å². The van der Waals surface area contributed by atoms with Crippen molar-refractivity contribution in [3.05, 3.63) is 63.6 Å². The van der Waals surface area contributed by atoms with Crippen molar-refractivity contribution < 1.29 is 13.5 Å². The van der Waals surface area contributed by atoms with Crippen molar-refractivity contribution in [2.45, 2.75) is 6.04 Å². The van der Waals surface area contributed by atoms with Crippen LogP contribution in [-0.4, -0.2) is 14.2 Å². The summed E-state index contributed by atoms with van der Waals surface area (Å²) in [6.45, 7) is 0. The Balaban J connectivity index is 2.51. The lowest BCUT2D eigenvalue weighted by Crippen LogP contribution is -2.18. The average Bonchev–Trinajstić information content (AvgIpc) is 2.45. The van der Waals surface area contributed by atoms with Crippen molar-refractivity contribution >= 4 is 15.9 Å². The van der Waals surface area contributed by atoms with Gasteiger partial charge in [0.25, 0.3) is 0 Å². The molecule has 0 aromatic heterocycles. The van der Waals surface area contributed by atoms with Gasteiger partial charge in [-0.15, -0.1) is 0 Å². The number of rotatable bonds is 4. The summed E-state index contributed by atoms with van der Waals surface area (Å²) in [7, 11) is 3.27. The fourth-order valence-corrected chi connectivity index (χ4v) is 2.46. The molecule has 0 radical (unpaired) electrons. The van der Waals surface area contributed by atoms with Crippen molar-refractivity contribution in [3.8, 4) is 5.75 Å². The maximum absolute atomic E-state index is 13.6. The van der Waals surface area contributed by atoms with Crippen molar-refractivity contribution in [1.29, 1.82) is 0 Å². The molecule has 2 aromatic carbocycles. The third-order valence-corrected chi connectivity index (χ3v) is 3.68. The lowest BCUT2D eigenvalue weighted by atomic mass is 9.98. The molecule has 0 saturated carbocycles. The van der Waals surface area contributed by atoms with Crippen molar-refractivity contribution in [1.82, 2.24) is 5.32 Å². The summed E-state index contributed by atoms with van der Waals surface area (Å²) in [5.74, 6) is -0.246. The number of benzene rings is 2. The van der Waals surface area contributed by atoms with E-state index in [-0.39, 0.29) is 17.7 Å². The van der Waals surface area contributed by atoms with Gasteiger partial charge < -0.3 is 10.1 Å². The van der Waals surface area contributed by atoms with E-state index in [1.165, 1.54) is 25.3 Å². The lowest BCUT2D eigenvalue weighted by molar-refractivity contribution is 0.401. The van der Waals surface area contributed by atoms with Crippen LogP contribution in [0.15, 0.2) is 40.9 Å². The Morgan fingerprint density at radius 2 is 1.80 bits per heavy atom. The van der Waals surface area contributed by atoms with E-state index in [2.05, 4.69) is 21.2 Å². The third-order valence-electron chi connectivity index (χ3n) is 3.08. The van der Waals surface area contributed by atoms with Crippen molar-refractivity contribution in [2.24, 2.45) is 0 Å². The summed E-state index contributed by atoms with van der Waals surface area (Å²) in [5, 5.41) is 3.13. The zero-order chi connectivity index (χ0) is 14.7. The number of hydrogen-bond donors (Lipinski definition) is 1. The van der Waals surface area contributed by atoms with Crippen LogP contribution in [0.5, 0.6) is 5.75 Å². The minimum absolute atomic E-state index is 0.220.